The SMILES string of the molecule is CCCNC(Cc1c([N+](=O)[O-])c(C)nn1CCC)C1CC1. The third-order valence-electron chi connectivity index (χ3n) is 4.08. The molecule has 1 aliphatic rings. The third kappa shape index (κ3) is 3.81. The summed E-state index contributed by atoms with van der Waals surface area (Å²) < 4.78 is 1.84. The van der Waals surface area contributed by atoms with Crippen LogP contribution in [-0.2, 0) is 13.0 Å². The van der Waals surface area contributed by atoms with Crippen LogP contribution in [-0.4, -0.2) is 27.3 Å². The average molecular weight is 294 g/mol. The van der Waals surface area contributed by atoms with Gasteiger partial charge >= 0.3 is 5.69 Å². The van der Waals surface area contributed by atoms with Crippen LogP contribution in [0.3, 0.4) is 0 Å². The van der Waals surface area contributed by atoms with E-state index in [1.807, 2.05) is 4.68 Å². The van der Waals surface area contributed by atoms with E-state index in [4.69, 9.17) is 0 Å². The van der Waals surface area contributed by atoms with Crippen molar-refractivity contribution in [3.8, 4) is 0 Å². The highest BCUT2D eigenvalue weighted by Crippen LogP contribution is 2.36. The number of aryl methyl sites for hydroxylation is 2. The Hall–Kier alpha value is -1.43. The summed E-state index contributed by atoms with van der Waals surface area (Å²) in [7, 11) is 0. The Morgan fingerprint density at radius 1 is 1.43 bits per heavy atom. The van der Waals surface area contributed by atoms with Crippen LogP contribution in [0.4, 0.5) is 5.69 Å². The number of rotatable bonds is 9. The second kappa shape index (κ2) is 7.02. The normalized spacial score (nSPS) is 16.1. The topological polar surface area (TPSA) is 73.0 Å². The summed E-state index contributed by atoms with van der Waals surface area (Å²) in [5, 5.41) is 19.3. The lowest BCUT2D eigenvalue weighted by Crippen LogP contribution is -2.34. The predicted octanol–water partition coefficient (Wildman–Crippen LogP) is 2.83. The molecule has 1 atom stereocenters. The highest BCUT2D eigenvalue weighted by atomic mass is 16.6. The molecule has 0 bridgehead atoms. The van der Waals surface area contributed by atoms with E-state index in [1.54, 1.807) is 6.92 Å². The minimum absolute atomic E-state index is 0.215. The molecule has 6 heteroatoms. The van der Waals surface area contributed by atoms with Crippen LogP contribution in [0.1, 0.15) is 50.9 Å². The fraction of sp³-hybridized carbons (Fsp3) is 0.800. The first-order chi connectivity index (χ1) is 10.1. The van der Waals surface area contributed by atoms with E-state index in [9.17, 15) is 10.1 Å². The molecule has 0 spiro atoms. The van der Waals surface area contributed by atoms with Crippen molar-refractivity contribution in [3.05, 3.63) is 21.5 Å². The molecular weight excluding hydrogens is 268 g/mol. The number of hydrogen-bond acceptors (Lipinski definition) is 4. The maximum Gasteiger partial charge on any atom is 0.313 e. The van der Waals surface area contributed by atoms with Crippen LogP contribution in [0.2, 0.25) is 0 Å². The molecular formula is C15H26N4O2. The van der Waals surface area contributed by atoms with Crippen LogP contribution in [0.25, 0.3) is 0 Å². The molecule has 6 nitrogen and oxygen atoms in total. The minimum Gasteiger partial charge on any atom is -0.313 e. The van der Waals surface area contributed by atoms with E-state index >= 15 is 0 Å². The first kappa shape index (κ1) is 15.9. The number of nitrogens with zero attached hydrogens (tertiary/aromatic N) is 3. The number of hydrogen-bond donors (Lipinski definition) is 1. The first-order valence-electron chi connectivity index (χ1n) is 8.02. The van der Waals surface area contributed by atoms with Gasteiger partial charge in [-0.3, -0.25) is 14.8 Å². The molecule has 0 aliphatic heterocycles. The molecule has 0 saturated heterocycles. The zero-order valence-electron chi connectivity index (χ0n) is 13.3. The number of aromatic nitrogens is 2. The van der Waals surface area contributed by atoms with Crippen molar-refractivity contribution in [1.29, 1.82) is 0 Å². The van der Waals surface area contributed by atoms with Gasteiger partial charge < -0.3 is 5.32 Å². The maximum absolute atomic E-state index is 11.4. The molecule has 0 aromatic carbocycles. The summed E-state index contributed by atoms with van der Waals surface area (Å²) in [5.41, 5.74) is 1.54. The van der Waals surface area contributed by atoms with E-state index in [0.717, 1.165) is 31.6 Å². The van der Waals surface area contributed by atoms with Crippen LogP contribution in [0, 0.1) is 23.0 Å². The quantitative estimate of drug-likeness (QED) is 0.561. The van der Waals surface area contributed by atoms with Crippen LogP contribution < -0.4 is 5.32 Å². The first-order valence-corrected chi connectivity index (χ1v) is 8.02. The lowest BCUT2D eigenvalue weighted by Gasteiger charge is -2.18. The van der Waals surface area contributed by atoms with E-state index in [2.05, 4.69) is 24.3 Å². The van der Waals surface area contributed by atoms with Crippen molar-refractivity contribution >= 4 is 5.69 Å². The highest BCUT2D eigenvalue weighted by molar-refractivity contribution is 5.41. The Labute approximate surface area is 126 Å². The second-order valence-electron chi connectivity index (χ2n) is 5.96. The fourth-order valence-electron chi connectivity index (χ4n) is 2.90. The van der Waals surface area contributed by atoms with Gasteiger partial charge in [0, 0.05) is 19.0 Å². The molecule has 1 heterocycles. The van der Waals surface area contributed by atoms with Gasteiger partial charge in [-0.25, -0.2) is 0 Å². The van der Waals surface area contributed by atoms with Crippen molar-refractivity contribution in [2.75, 3.05) is 6.54 Å². The van der Waals surface area contributed by atoms with Gasteiger partial charge in [0.25, 0.3) is 0 Å². The number of nitrogens with one attached hydrogen (secondary N) is 1. The molecule has 118 valence electrons. The van der Waals surface area contributed by atoms with Gasteiger partial charge in [-0.2, -0.15) is 5.10 Å². The van der Waals surface area contributed by atoms with Crippen LogP contribution in [0.15, 0.2) is 0 Å². The molecule has 1 saturated carbocycles. The maximum atomic E-state index is 11.4. The standard InChI is InChI=1S/C15H26N4O2/c1-4-8-16-13(12-6-7-12)10-14-15(19(20)21)11(3)17-18(14)9-5-2/h12-13,16H,4-10H2,1-3H3. The molecule has 0 radical (unpaired) electrons. The highest BCUT2D eigenvalue weighted by Gasteiger charge is 2.34. The van der Waals surface area contributed by atoms with Crippen molar-refractivity contribution < 1.29 is 4.92 Å². The average Bonchev–Trinajstić information content (AvgIpc) is 3.21. The van der Waals surface area contributed by atoms with E-state index < -0.39 is 0 Å². The minimum atomic E-state index is -0.270. The van der Waals surface area contributed by atoms with Gasteiger partial charge in [0.15, 0.2) is 0 Å². The van der Waals surface area contributed by atoms with Gasteiger partial charge in [0.1, 0.15) is 11.4 Å². The van der Waals surface area contributed by atoms with Crippen molar-refractivity contribution in [3.63, 3.8) is 0 Å². The van der Waals surface area contributed by atoms with Gasteiger partial charge in [-0.1, -0.05) is 13.8 Å². The Kier molecular flexibility index (Phi) is 5.33. The van der Waals surface area contributed by atoms with Gasteiger partial charge in [0.2, 0.25) is 0 Å². The number of nitro groups is 1. The lowest BCUT2D eigenvalue weighted by atomic mass is 10.0. The largest absolute Gasteiger partial charge is 0.313 e. The molecule has 1 unspecified atom stereocenters. The summed E-state index contributed by atoms with van der Waals surface area (Å²) in [6.45, 7) is 7.66. The fourth-order valence-corrected chi connectivity index (χ4v) is 2.90. The van der Waals surface area contributed by atoms with E-state index in [1.165, 1.54) is 12.8 Å². The van der Waals surface area contributed by atoms with E-state index in [0.29, 0.717) is 24.1 Å². The molecule has 1 fully saturated rings. The molecule has 1 aliphatic carbocycles. The molecule has 21 heavy (non-hydrogen) atoms. The molecule has 1 aromatic rings. The molecule has 0 amide bonds. The summed E-state index contributed by atoms with van der Waals surface area (Å²) in [6.07, 6.45) is 5.19. The zero-order valence-corrected chi connectivity index (χ0v) is 13.3. The van der Waals surface area contributed by atoms with Crippen molar-refractivity contribution in [2.24, 2.45) is 5.92 Å². The Balaban J connectivity index is 2.24. The Bertz CT molecular complexity index is 494. The monoisotopic (exact) mass is 294 g/mol. The van der Waals surface area contributed by atoms with Crippen molar-refractivity contribution in [2.45, 2.75) is 65.5 Å². The van der Waals surface area contributed by atoms with Crippen molar-refractivity contribution in [1.82, 2.24) is 15.1 Å². The van der Waals surface area contributed by atoms with Gasteiger partial charge in [-0.05, 0) is 45.1 Å². The second-order valence-corrected chi connectivity index (χ2v) is 5.96. The zero-order chi connectivity index (χ0) is 15.4. The molecule has 1 aromatic heterocycles. The summed E-state index contributed by atoms with van der Waals surface area (Å²) in [6, 6.07) is 0.343. The Morgan fingerprint density at radius 3 is 2.67 bits per heavy atom. The van der Waals surface area contributed by atoms with E-state index in [-0.39, 0.29) is 10.6 Å². The lowest BCUT2D eigenvalue weighted by molar-refractivity contribution is -0.386. The van der Waals surface area contributed by atoms with Crippen LogP contribution >= 0.6 is 0 Å². The summed E-state index contributed by atoms with van der Waals surface area (Å²) in [4.78, 5) is 11.1. The Morgan fingerprint density at radius 2 is 2.14 bits per heavy atom. The summed E-state index contributed by atoms with van der Waals surface area (Å²) in [5.74, 6) is 0.668. The predicted molar refractivity (Wildman–Crippen MR) is 82.4 cm³/mol. The molecule has 2 rings (SSSR count). The van der Waals surface area contributed by atoms with Gasteiger partial charge in [0.05, 0.1) is 4.92 Å². The van der Waals surface area contributed by atoms with Gasteiger partial charge in [-0.15, -0.1) is 0 Å². The third-order valence-corrected chi connectivity index (χ3v) is 4.08. The smallest absolute Gasteiger partial charge is 0.313 e. The van der Waals surface area contributed by atoms with Crippen LogP contribution in [0.5, 0.6) is 0 Å². The molecule has 1 N–H and O–H groups in total. The summed E-state index contributed by atoms with van der Waals surface area (Å²) >= 11 is 0.